The molecule has 3 heterocycles. The first-order chi connectivity index (χ1) is 39.8. The van der Waals surface area contributed by atoms with Crippen molar-refractivity contribution in [1.82, 2.24) is 0 Å². The third kappa shape index (κ3) is 10.1. The number of halogens is 4. The third-order valence-corrected chi connectivity index (χ3v) is 15.8. The van der Waals surface area contributed by atoms with Crippen molar-refractivity contribution in [2.75, 3.05) is 0 Å². The first kappa shape index (κ1) is 52.8. The van der Waals surface area contributed by atoms with Crippen molar-refractivity contribution < 1.29 is 31.3 Å². The van der Waals surface area contributed by atoms with Gasteiger partial charge in [-0.25, -0.2) is 31.3 Å². The van der Waals surface area contributed by atoms with Crippen molar-refractivity contribution in [2.24, 2.45) is 21.1 Å². The minimum absolute atomic E-state index is 0.352. The second kappa shape index (κ2) is 22.0. The molecule has 0 N–H and O–H groups in total. The summed E-state index contributed by atoms with van der Waals surface area (Å²) in [6, 6.07) is 74.7. The molecule has 9 aromatic carbocycles. The number of hydrogen-bond acceptors (Lipinski definition) is 0. The molecule has 0 atom stereocenters. The van der Waals surface area contributed by atoms with Crippen LogP contribution in [0.15, 0.2) is 243 Å². The van der Waals surface area contributed by atoms with E-state index in [1.54, 1.807) is 13.8 Å². The van der Waals surface area contributed by atoms with E-state index in [0.29, 0.717) is 33.6 Å². The fourth-order valence-electron chi connectivity index (χ4n) is 11.8. The Morgan fingerprint density at radius 3 is 1.06 bits per heavy atom. The smallest absolute Gasteiger partial charge is 0.207 e. The Morgan fingerprint density at radius 1 is 0.244 bits per heavy atom. The van der Waals surface area contributed by atoms with Crippen LogP contribution in [0, 0.1) is 44.0 Å². The minimum atomic E-state index is -0.614. The lowest BCUT2D eigenvalue weighted by Crippen LogP contribution is -2.31. The maximum Gasteiger partial charge on any atom is 0.215 e. The molecule has 7 heteroatoms. The van der Waals surface area contributed by atoms with E-state index in [1.807, 2.05) is 78.1 Å². The van der Waals surface area contributed by atoms with Crippen molar-refractivity contribution >= 4 is 0 Å². The number of nitrogens with zero attached hydrogens (tertiary/aromatic N) is 3. The van der Waals surface area contributed by atoms with Crippen LogP contribution in [-0.2, 0) is 21.1 Å². The molecule has 0 bridgehead atoms. The van der Waals surface area contributed by atoms with Crippen LogP contribution >= 0.6 is 0 Å². The van der Waals surface area contributed by atoms with E-state index in [1.165, 1.54) is 17.7 Å². The lowest BCUT2D eigenvalue weighted by Gasteiger charge is -2.19. The maximum atomic E-state index is 15.5. The monoisotopic (exact) mass is 1080 g/mol. The van der Waals surface area contributed by atoms with Gasteiger partial charge in [-0.05, 0) is 153 Å². The molecule has 0 fully saturated rings. The Morgan fingerprint density at radius 2 is 0.610 bits per heavy atom. The average molecular weight is 1080 g/mol. The van der Waals surface area contributed by atoms with Crippen molar-refractivity contribution in [3.8, 4) is 123 Å². The Kier molecular flexibility index (Phi) is 14.2. The molecule has 0 aliphatic heterocycles. The fraction of sp³-hybridized carbons (Fsp3) is 0.0800. The molecule has 3 aromatic heterocycles. The largest absolute Gasteiger partial charge is 0.215 e. The van der Waals surface area contributed by atoms with Gasteiger partial charge in [-0.1, -0.05) is 146 Å². The lowest BCUT2D eigenvalue weighted by atomic mass is 9.85. The Hall–Kier alpha value is -9.85. The fourth-order valence-corrected chi connectivity index (χ4v) is 11.8. The Bertz CT molecular complexity index is 4240. The molecule has 12 rings (SSSR count). The summed E-state index contributed by atoms with van der Waals surface area (Å²) in [5, 5.41) is 0. The summed E-state index contributed by atoms with van der Waals surface area (Å²) < 4.78 is 65.6. The second-order valence-electron chi connectivity index (χ2n) is 21.3. The number of pyridine rings is 3. The highest BCUT2D eigenvalue weighted by molar-refractivity contribution is 5.97. The van der Waals surface area contributed by atoms with Gasteiger partial charge in [0.2, 0.25) is 17.1 Å². The summed E-state index contributed by atoms with van der Waals surface area (Å²) in [7, 11) is 5.90. The molecule has 82 heavy (non-hydrogen) atoms. The van der Waals surface area contributed by atoms with Crippen LogP contribution in [0.25, 0.3) is 123 Å². The van der Waals surface area contributed by atoms with Crippen LogP contribution in [0.1, 0.15) is 16.7 Å². The van der Waals surface area contributed by atoms with Crippen molar-refractivity contribution in [3.63, 3.8) is 0 Å². The summed E-state index contributed by atoms with van der Waals surface area (Å²) in [4.78, 5) is 0. The zero-order valence-electron chi connectivity index (χ0n) is 46.4. The highest BCUT2D eigenvalue weighted by atomic mass is 19.1. The number of rotatable bonds is 11. The van der Waals surface area contributed by atoms with Crippen molar-refractivity contribution in [2.45, 2.75) is 20.8 Å². The van der Waals surface area contributed by atoms with Crippen LogP contribution in [0.4, 0.5) is 17.6 Å². The van der Waals surface area contributed by atoms with Gasteiger partial charge in [0.25, 0.3) is 0 Å². The molecule has 0 amide bonds. The number of aromatic nitrogens is 3. The molecule has 12 aromatic rings. The summed E-state index contributed by atoms with van der Waals surface area (Å²) in [5.74, 6) is -2.45. The summed E-state index contributed by atoms with van der Waals surface area (Å²) in [5.41, 5.74) is 22.7. The zero-order chi connectivity index (χ0) is 56.8. The van der Waals surface area contributed by atoms with Gasteiger partial charge in [-0.15, -0.1) is 0 Å². The first-order valence-electron chi connectivity index (χ1n) is 27.4. The third-order valence-electron chi connectivity index (χ3n) is 15.8. The van der Waals surface area contributed by atoms with E-state index in [-0.39, 0.29) is 0 Å². The van der Waals surface area contributed by atoms with Crippen LogP contribution in [0.2, 0.25) is 0 Å². The van der Waals surface area contributed by atoms with Gasteiger partial charge in [-0.3, -0.25) is 0 Å². The van der Waals surface area contributed by atoms with Gasteiger partial charge in [-0.2, -0.15) is 0 Å². The molecular formula is C75H58F4N3+3. The molecule has 398 valence electrons. The highest BCUT2D eigenvalue weighted by Crippen LogP contribution is 2.45. The van der Waals surface area contributed by atoms with Crippen LogP contribution in [0.3, 0.4) is 0 Å². The summed E-state index contributed by atoms with van der Waals surface area (Å²) in [6.07, 6.45) is 6.27. The molecule has 0 saturated carbocycles. The number of benzene rings is 9. The van der Waals surface area contributed by atoms with Gasteiger partial charge in [0.15, 0.2) is 18.6 Å². The molecule has 3 nitrogen and oxygen atoms in total. The molecule has 0 aliphatic rings. The molecule has 0 radical (unpaired) electrons. The molecule has 0 saturated heterocycles. The van der Waals surface area contributed by atoms with Crippen LogP contribution in [0.5, 0.6) is 0 Å². The van der Waals surface area contributed by atoms with Gasteiger partial charge in [0.1, 0.15) is 44.4 Å². The van der Waals surface area contributed by atoms with Crippen LogP contribution < -0.4 is 13.7 Å². The van der Waals surface area contributed by atoms with Crippen molar-refractivity contribution in [3.05, 3.63) is 283 Å². The highest BCUT2D eigenvalue weighted by Gasteiger charge is 2.26. The Labute approximate surface area is 476 Å². The predicted octanol–water partition coefficient (Wildman–Crippen LogP) is 18.0. The SMILES string of the molecule is Cc1ccccc1-c1cc(-c2ccc(-c3ccccc3)cc2)c(-c2ccccc2-c2cc(-c3ccccc3-c3ccc(-c4c(C)cc(F)cc4F)[n+](C)c3)cc(-c3ccccc3-c3ccc(-c4c(C)cc(F)cc4F)[n+](C)c3)c2)c[n+]1C. The number of hydrogen-bond donors (Lipinski definition) is 0. The average Bonchev–Trinajstić information content (AvgIpc) is 2.85. The maximum absolute atomic E-state index is 15.5. The van der Waals surface area contributed by atoms with E-state index in [4.69, 9.17) is 0 Å². The molecule has 0 aliphatic carbocycles. The predicted molar refractivity (Wildman–Crippen MR) is 324 cm³/mol. The van der Waals surface area contributed by atoms with E-state index < -0.39 is 23.3 Å². The van der Waals surface area contributed by atoms with E-state index in [0.717, 1.165) is 112 Å². The van der Waals surface area contributed by atoms with Crippen LogP contribution in [-0.4, -0.2) is 0 Å². The van der Waals surface area contributed by atoms with E-state index in [9.17, 15) is 8.78 Å². The van der Waals surface area contributed by atoms with Gasteiger partial charge in [0.05, 0.1) is 16.7 Å². The topological polar surface area (TPSA) is 11.6 Å². The Balaban J connectivity index is 1.06. The second-order valence-corrected chi connectivity index (χ2v) is 21.3. The van der Waals surface area contributed by atoms with E-state index >= 15 is 8.78 Å². The zero-order valence-corrected chi connectivity index (χ0v) is 46.4. The van der Waals surface area contributed by atoms with Gasteiger partial charge >= 0.3 is 0 Å². The van der Waals surface area contributed by atoms with Gasteiger partial charge in [0, 0.05) is 52.6 Å². The minimum Gasteiger partial charge on any atom is -0.207 e. The quantitative estimate of drug-likeness (QED) is 0.0904. The number of aryl methyl sites for hydroxylation is 6. The molecule has 0 unspecified atom stereocenters. The summed E-state index contributed by atoms with van der Waals surface area (Å²) >= 11 is 0. The standard InChI is InChI=1S/C75H58F4N3/c1-47-18-10-11-21-60(47)73-43-67(52-30-28-51(29-31-52)50-19-8-7-9-20-50)68(46-82(73)6)66-27-17-16-26-65(66)57-39-55(63-24-14-12-22-61(63)53-32-34-71(80(4)44-53)74-48(2)36-58(76)41-69(74)78)38-56(40-57)64-25-15-13-23-62(64)54-33-35-72(81(5)45-54)75-49(3)37-59(77)42-70(75)79/h7-46H,1-6H3/q+3. The van der Waals surface area contributed by atoms with E-state index in [2.05, 4.69) is 182 Å². The molecule has 0 spiro atoms. The molecular weight excluding hydrogens is 1020 g/mol. The lowest BCUT2D eigenvalue weighted by molar-refractivity contribution is -0.660. The summed E-state index contributed by atoms with van der Waals surface area (Å²) in [6.45, 7) is 5.60. The van der Waals surface area contributed by atoms with Gasteiger partial charge < -0.3 is 0 Å². The van der Waals surface area contributed by atoms with Crippen molar-refractivity contribution in [1.29, 1.82) is 0 Å². The first-order valence-corrected chi connectivity index (χ1v) is 27.4. The normalized spacial score (nSPS) is 11.3.